The van der Waals surface area contributed by atoms with Crippen molar-refractivity contribution < 1.29 is 22.7 Å². The summed E-state index contributed by atoms with van der Waals surface area (Å²) in [4.78, 5) is 25.2. The van der Waals surface area contributed by atoms with Crippen molar-refractivity contribution >= 4 is 33.5 Å². The van der Waals surface area contributed by atoms with E-state index in [1.54, 1.807) is 43.3 Å². The number of β-lactam (4-membered cyclic amide) rings is 1. The first kappa shape index (κ1) is 19.4. The van der Waals surface area contributed by atoms with E-state index in [0.717, 1.165) is 5.56 Å². The fourth-order valence-corrected chi connectivity index (χ4v) is 4.70. The van der Waals surface area contributed by atoms with Crippen molar-refractivity contribution in [1.82, 2.24) is 4.31 Å². The maximum absolute atomic E-state index is 13.0. The summed E-state index contributed by atoms with van der Waals surface area (Å²) in [5.41, 5.74) is 1.39. The number of hydrogen-bond acceptors (Lipinski definition) is 5. The number of ether oxygens (including phenoxy) is 1. The van der Waals surface area contributed by atoms with Crippen LogP contribution in [0.2, 0.25) is 5.02 Å². The molecule has 0 radical (unpaired) electrons. The quantitative estimate of drug-likeness (QED) is 0.562. The highest BCUT2D eigenvalue weighted by Crippen LogP contribution is 2.40. The van der Waals surface area contributed by atoms with Gasteiger partial charge in [0.25, 0.3) is 10.0 Å². The molecule has 142 valence electrons. The summed E-state index contributed by atoms with van der Waals surface area (Å²) >= 11 is 5.87. The van der Waals surface area contributed by atoms with E-state index < -0.39 is 33.9 Å². The summed E-state index contributed by atoms with van der Waals surface area (Å²) in [6, 6.07) is 11.2. The minimum absolute atomic E-state index is 0.0506. The molecule has 3 rings (SSSR count). The van der Waals surface area contributed by atoms with Gasteiger partial charge in [0.15, 0.2) is 6.04 Å². The molecule has 0 aliphatic carbocycles. The molecule has 1 saturated heterocycles. The van der Waals surface area contributed by atoms with Gasteiger partial charge < -0.3 is 4.74 Å². The zero-order chi connectivity index (χ0) is 19.8. The lowest BCUT2D eigenvalue weighted by Gasteiger charge is -2.44. The van der Waals surface area contributed by atoms with Gasteiger partial charge in [-0.05, 0) is 43.7 Å². The number of sulfonamides is 1. The maximum atomic E-state index is 13.0. The smallest absolute Gasteiger partial charge is 0.331 e. The molecule has 8 heteroatoms. The maximum Gasteiger partial charge on any atom is 0.331 e. The minimum atomic E-state index is -4.17. The molecule has 1 heterocycles. The molecule has 0 N–H and O–H groups in total. The van der Waals surface area contributed by atoms with Gasteiger partial charge in [-0.15, -0.1) is 0 Å². The van der Waals surface area contributed by atoms with E-state index in [1.165, 1.54) is 12.1 Å². The normalized spacial score (nSPS) is 19.5. The second-order valence-corrected chi connectivity index (χ2v) is 8.43. The lowest BCUT2D eigenvalue weighted by atomic mass is 9.84. The molecule has 6 nitrogen and oxygen atoms in total. The monoisotopic (exact) mass is 407 g/mol. The average molecular weight is 408 g/mol. The number of rotatable bonds is 5. The highest BCUT2D eigenvalue weighted by Gasteiger charge is 2.58. The standard InChI is InChI=1S/C19H18ClNO5S/c1-3-26-19(23)17-16(13-6-8-14(20)9-7-13)18(22)21(17)27(24,25)15-10-4-12(2)5-11-15/h4-11,16-17H,3H2,1-2H3/t16-,17+/m0/s1. The van der Waals surface area contributed by atoms with E-state index in [1.807, 2.05) is 6.92 Å². The summed E-state index contributed by atoms with van der Waals surface area (Å²) in [5, 5.41) is 0.474. The first-order valence-electron chi connectivity index (χ1n) is 8.34. The van der Waals surface area contributed by atoms with Gasteiger partial charge >= 0.3 is 5.97 Å². The summed E-state index contributed by atoms with van der Waals surface area (Å²) in [7, 11) is -4.17. The van der Waals surface area contributed by atoms with Crippen molar-refractivity contribution in [2.75, 3.05) is 6.61 Å². The van der Waals surface area contributed by atoms with Crippen LogP contribution in [0.5, 0.6) is 0 Å². The van der Waals surface area contributed by atoms with E-state index >= 15 is 0 Å². The highest BCUT2D eigenvalue weighted by molar-refractivity contribution is 7.89. The lowest BCUT2D eigenvalue weighted by Crippen LogP contribution is -2.64. The summed E-state index contributed by atoms with van der Waals surface area (Å²) in [6.45, 7) is 3.52. The Hall–Kier alpha value is -2.38. The van der Waals surface area contributed by atoms with E-state index in [2.05, 4.69) is 0 Å². The zero-order valence-corrected chi connectivity index (χ0v) is 16.3. The van der Waals surface area contributed by atoms with Crippen LogP contribution in [0.15, 0.2) is 53.4 Å². The van der Waals surface area contributed by atoms with E-state index in [-0.39, 0.29) is 11.5 Å². The third kappa shape index (κ3) is 3.44. The Labute approximate surface area is 162 Å². The lowest BCUT2D eigenvalue weighted by molar-refractivity contribution is -0.162. The van der Waals surface area contributed by atoms with Crippen LogP contribution in [-0.4, -0.2) is 37.2 Å². The highest BCUT2D eigenvalue weighted by atomic mass is 35.5. The number of hydrogen-bond donors (Lipinski definition) is 0. The van der Waals surface area contributed by atoms with Crippen molar-refractivity contribution in [2.24, 2.45) is 0 Å². The Balaban J connectivity index is 2.01. The molecular weight excluding hydrogens is 390 g/mol. The van der Waals surface area contributed by atoms with Crippen LogP contribution < -0.4 is 0 Å². The van der Waals surface area contributed by atoms with E-state index in [4.69, 9.17) is 16.3 Å². The number of carbonyl (C=O) groups excluding carboxylic acids is 2. The summed E-state index contributed by atoms with van der Waals surface area (Å²) in [5.74, 6) is -2.36. The molecule has 0 spiro atoms. The SMILES string of the molecule is CCOC(=O)[C@H]1[C@H](c2ccc(Cl)cc2)C(=O)N1S(=O)(=O)c1ccc(C)cc1. The van der Waals surface area contributed by atoms with Crippen molar-refractivity contribution in [1.29, 1.82) is 0 Å². The molecule has 2 aromatic rings. The van der Waals surface area contributed by atoms with E-state index in [9.17, 15) is 18.0 Å². The topological polar surface area (TPSA) is 80.8 Å². The summed E-state index contributed by atoms with van der Waals surface area (Å²) < 4.78 is 31.6. The van der Waals surface area contributed by atoms with Crippen LogP contribution in [0.4, 0.5) is 0 Å². The van der Waals surface area contributed by atoms with Gasteiger partial charge in [-0.2, -0.15) is 0 Å². The van der Waals surface area contributed by atoms with Crippen molar-refractivity contribution in [3.8, 4) is 0 Å². The van der Waals surface area contributed by atoms with Gasteiger partial charge in [-0.3, -0.25) is 4.79 Å². The molecule has 0 unspecified atom stereocenters. The van der Waals surface area contributed by atoms with Crippen molar-refractivity contribution in [3.63, 3.8) is 0 Å². The van der Waals surface area contributed by atoms with Gasteiger partial charge in [0.1, 0.15) is 0 Å². The Bertz CT molecular complexity index is 970. The molecule has 1 fully saturated rings. The first-order chi connectivity index (χ1) is 12.8. The third-order valence-electron chi connectivity index (χ3n) is 4.39. The fraction of sp³-hybridized carbons (Fsp3) is 0.263. The largest absolute Gasteiger partial charge is 0.464 e. The molecule has 1 aliphatic rings. The second-order valence-electron chi connectivity index (χ2n) is 6.18. The molecule has 2 atom stereocenters. The Morgan fingerprint density at radius 2 is 1.70 bits per heavy atom. The Morgan fingerprint density at radius 3 is 2.26 bits per heavy atom. The van der Waals surface area contributed by atoms with Crippen LogP contribution in [0.3, 0.4) is 0 Å². The van der Waals surface area contributed by atoms with Crippen LogP contribution in [0.25, 0.3) is 0 Å². The van der Waals surface area contributed by atoms with Gasteiger partial charge in [0.05, 0.1) is 17.4 Å². The summed E-state index contributed by atoms with van der Waals surface area (Å²) in [6.07, 6.45) is 0. The number of nitrogens with zero attached hydrogens (tertiary/aromatic N) is 1. The van der Waals surface area contributed by atoms with Gasteiger partial charge in [0, 0.05) is 5.02 Å². The number of halogens is 1. The van der Waals surface area contributed by atoms with Crippen LogP contribution in [-0.2, 0) is 24.3 Å². The number of carbonyl (C=O) groups is 2. The van der Waals surface area contributed by atoms with Crippen LogP contribution >= 0.6 is 11.6 Å². The van der Waals surface area contributed by atoms with Crippen LogP contribution in [0.1, 0.15) is 24.0 Å². The molecule has 0 saturated carbocycles. The van der Waals surface area contributed by atoms with Crippen LogP contribution in [0, 0.1) is 6.92 Å². The Morgan fingerprint density at radius 1 is 1.11 bits per heavy atom. The number of esters is 1. The number of amides is 1. The third-order valence-corrected chi connectivity index (χ3v) is 6.43. The molecule has 0 bridgehead atoms. The fourth-order valence-electron chi connectivity index (χ4n) is 3.01. The van der Waals surface area contributed by atoms with Gasteiger partial charge in [-0.25, -0.2) is 17.5 Å². The predicted octanol–water partition coefficient (Wildman–Crippen LogP) is 2.89. The Kier molecular flexibility index (Phi) is 5.26. The average Bonchev–Trinajstić information content (AvgIpc) is 2.61. The number of aryl methyl sites for hydroxylation is 1. The number of benzene rings is 2. The zero-order valence-electron chi connectivity index (χ0n) is 14.8. The second kappa shape index (κ2) is 7.32. The predicted molar refractivity (Wildman–Crippen MR) is 99.8 cm³/mol. The first-order valence-corrected chi connectivity index (χ1v) is 10.2. The molecule has 1 aliphatic heterocycles. The van der Waals surface area contributed by atoms with E-state index in [0.29, 0.717) is 14.9 Å². The molecule has 2 aromatic carbocycles. The van der Waals surface area contributed by atoms with Crippen molar-refractivity contribution in [3.05, 3.63) is 64.7 Å². The van der Waals surface area contributed by atoms with Crippen molar-refractivity contribution in [2.45, 2.75) is 30.7 Å². The van der Waals surface area contributed by atoms with Gasteiger partial charge in [-0.1, -0.05) is 41.4 Å². The minimum Gasteiger partial charge on any atom is -0.464 e. The van der Waals surface area contributed by atoms with Gasteiger partial charge in [0.2, 0.25) is 5.91 Å². The molecule has 0 aromatic heterocycles. The molecule has 27 heavy (non-hydrogen) atoms. The molecule has 1 amide bonds. The molecular formula is C19H18ClNO5S.